The van der Waals surface area contributed by atoms with Gasteiger partial charge in [-0.15, -0.1) is 0 Å². The lowest BCUT2D eigenvalue weighted by Crippen LogP contribution is -2.28. The molecule has 0 unspecified atom stereocenters. The predicted molar refractivity (Wildman–Crippen MR) is 81.2 cm³/mol. The van der Waals surface area contributed by atoms with E-state index in [1.807, 2.05) is 11.0 Å². The van der Waals surface area contributed by atoms with E-state index in [1.165, 1.54) is 18.4 Å². The first kappa shape index (κ1) is 13.6. The number of likely N-dealkylation sites (tertiary alicyclic amines) is 1. The van der Waals surface area contributed by atoms with Crippen molar-refractivity contribution in [3.63, 3.8) is 0 Å². The number of hydrogen-bond acceptors (Lipinski definition) is 2. The Morgan fingerprint density at radius 2 is 1.90 bits per heavy atom. The van der Waals surface area contributed by atoms with Gasteiger partial charge >= 0.3 is 0 Å². The molecular weight excluding hydrogens is 248 g/mol. The van der Waals surface area contributed by atoms with E-state index in [2.05, 4.69) is 24.4 Å². The van der Waals surface area contributed by atoms with Gasteiger partial charge in [-0.3, -0.25) is 4.79 Å². The maximum Gasteiger partial charge on any atom is 0.254 e. The summed E-state index contributed by atoms with van der Waals surface area (Å²) in [7, 11) is 0. The van der Waals surface area contributed by atoms with E-state index >= 15 is 0 Å². The molecule has 0 radical (unpaired) electrons. The SMILES string of the molecule is Cc1cc(C2CCNCC2)ccc1C(=O)N1CCCC1. The third kappa shape index (κ3) is 2.73. The number of benzene rings is 1. The fraction of sp³-hybridized carbons (Fsp3) is 0.588. The van der Waals surface area contributed by atoms with Crippen LogP contribution in [0.25, 0.3) is 0 Å². The Bertz CT molecular complexity index is 486. The van der Waals surface area contributed by atoms with Gasteiger partial charge in [0.1, 0.15) is 0 Å². The highest BCUT2D eigenvalue weighted by atomic mass is 16.2. The molecule has 0 aliphatic carbocycles. The lowest BCUT2D eigenvalue weighted by atomic mass is 9.88. The maximum absolute atomic E-state index is 12.5. The molecule has 108 valence electrons. The molecule has 3 nitrogen and oxygen atoms in total. The highest BCUT2D eigenvalue weighted by Crippen LogP contribution is 2.27. The summed E-state index contributed by atoms with van der Waals surface area (Å²) < 4.78 is 0. The van der Waals surface area contributed by atoms with Gasteiger partial charge in [0, 0.05) is 18.7 Å². The molecule has 2 fully saturated rings. The van der Waals surface area contributed by atoms with Crippen LogP contribution in [0.2, 0.25) is 0 Å². The first-order valence-electron chi connectivity index (χ1n) is 7.86. The highest BCUT2D eigenvalue weighted by molar-refractivity contribution is 5.95. The Morgan fingerprint density at radius 1 is 1.20 bits per heavy atom. The standard InChI is InChI=1S/C17H24N2O/c1-13-12-15(14-6-8-18-9-7-14)4-5-16(13)17(20)19-10-2-3-11-19/h4-5,12,14,18H,2-3,6-11H2,1H3. The number of rotatable bonds is 2. The average molecular weight is 272 g/mol. The third-order valence-electron chi connectivity index (χ3n) is 4.68. The van der Waals surface area contributed by atoms with Crippen molar-refractivity contribution >= 4 is 5.91 Å². The van der Waals surface area contributed by atoms with Gasteiger partial charge in [0.15, 0.2) is 0 Å². The average Bonchev–Trinajstić information content (AvgIpc) is 3.01. The maximum atomic E-state index is 12.5. The van der Waals surface area contributed by atoms with Crippen molar-refractivity contribution in [1.82, 2.24) is 10.2 Å². The third-order valence-corrected chi connectivity index (χ3v) is 4.68. The number of nitrogens with one attached hydrogen (secondary N) is 1. The molecule has 2 aliphatic heterocycles. The largest absolute Gasteiger partial charge is 0.339 e. The normalized spacial score (nSPS) is 20.4. The topological polar surface area (TPSA) is 32.3 Å². The van der Waals surface area contributed by atoms with E-state index in [9.17, 15) is 4.79 Å². The van der Waals surface area contributed by atoms with Crippen LogP contribution in [0, 0.1) is 6.92 Å². The molecule has 1 amide bonds. The summed E-state index contributed by atoms with van der Waals surface area (Å²) in [5.74, 6) is 0.878. The smallest absolute Gasteiger partial charge is 0.254 e. The Balaban J connectivity index is 1.78. The van der Waals surface area contributed by atoms with Crippen LogP contribution >= 0.6 is 0 Å². The van der Waals surface area contributed by atoms with Crippen molar-refractivity contribution < 1.29 is 4.79 Å². The molecule has 1 aromatic carbocycles. The molecule has 0 bridgehead atoms. The van der Waals surface area contributed by atoms with Crippen LogP contribution in [0.3, 0.4) is 0 Å². The van der Waals surface area contributed by atoms with E-state index in [1.54, 1.807) is 0 Å². The summed E-state index contributed by atoms with van der Waals surface area (Å²) in [6.07, 6.45) is 4.72. The van der Waals surface area contributed by atoms with Crippen molar-refractivity contribution in [1.29, 1.82) is 0 Å². The number of carbonyl (C=O) groups excluding carboxylic acids is 1. The second kappa shape index (κ2) is 5.96. The first-order chi connectivity index (χ1) is 9.75. The minimum atomic E-state index is 0.219. The molecule has 20 heavy (non-hydrogen) atoms. The molecule has 0 saturated carbocycles. The number of piperidine rings is 1. The second-order valence-corrected chi connectivity index (χ2v) is 6.10. The van der Waals surface area contributed by atoms with Crippen LogP contribution in [0.5, 0.6) is 0 Å². The molecule has 0 aromatic heterocycles. The molecule has 3 rings (SSSR count). The minimum Gasteiger partial charge on any atom is -0.339 e. The Labute approximate surface area is 121 Å². The van der Waals surface area contributed by atoms with Gasteiger partial charge in [-0.05, 0) is 68.8 Å². The van der Waals surface area contributed by atoms with Gasteiger partial charge in [0.05, 0.1) is 0 Å². The van der Waals surface area contributed by atoms with Crippen molar-refractivity contribution in [2.45, 2.75) is 38.5 Å². The summed E-state index contributed by atoms with van der Waals surface area (Å²) in [5.41, 5.74) is 3.43. The number of nitrogens with zero attached hydrogens (tertiary/aromatic N) is 1. The van der Waals surface area contributed by atoms with E-state index in [4.69, 9.17) is 0 Å². The first-order valence-corrected chi connectivity index (χ1v) is 7.86. The quantitative estimate of drug-likeness (QED) is 0.898. The number of hydrogen-bond donors (Lipinski definition) is 1. The lowest BCUT2D eigenvalue weighted by molar-refractivity contribution is 0.0792. The molecule has 2 heterocycles. The fourth-order valence-electron chi connectivity index (χ4n) is 3.43. The monoisotopic (exact) mass is 272 g/mol. The predicted octanol–water partition coefficient (Wildman–Crippen LogP) is 2.70. The lowest BCUT2D eigenvalue weighted by Gasteiger charge is -2.24. The van der Waals surface area contributed by atoms with Crippen LogP contribution < -0.4 is 5.32 Å². The van der Waals surface area contributed by atoms with Crippen LogP contribution in [0.15, 0.2) is 18.2 Å². The summed E-state index contributed by atoms with van der Waals surface area (Å²) in [6, 6.07) is 6.46. The highest BCUT2D eigenvalue weighted by Gasteiger charge is 2.22. The van der Waals surface area contributed by atoms with E-state index in [0.29, 0.717) is 5.92 Å². The molecule has 1 aromatic rings. The second-order valence-electron chi connectivity index (χ2n) is 6.10. The molecule has 3 heteroatoms. The summed E-state index contributed by atoms with van der Waals surface area (Å²) in [5, 5.41) is 3.41. The van der Waals surface area contributed by atoms with Crippen LogP contribution in [0.4, 0.5) is 0 Å². The molecule has 1 N–H and O–H groups in total. The summed E-state index contributed by atoms with van der Waals surface area (Å²) >= 11 is 0. The molecule has 0 atom stereocenters. The van der Waals surface area contributed by atoms with Crippen LogP contribution in [0.1, 0.15) is 53.1 Å². The number of aryl methyl sites for hydroxylation is 1. The van der Waals surface area contributed by atoms with Crippen LogP contribution in [-0.4, -0.2) is 37.0 Å². The Morgan fingerprint density at radius 3 is 2.55 bits per heavy atom. The molecular formula is C17H24N2O. The van der Waals surface area contributed by atoms with E-state index in [0.717, 1.165) is 50.1 Å². The Kier molecular flexibility index (Phi) is 4.06. The van der Waals surface area contributed by atoms with E-state index in [-0.39, 0.29) is 5.91 Å². The van der Waals surface area contributed by atoms with Crippen molar-refractivity contribution in [3.05, 3.63) is 34.9 Å². The summed E-state index contributed by atoms with van der Waals surface area (Å²) in [4.78, 5) is 14.5. The number of carbonyl (C=O) groups is 1. The van der Waals surface area contributed by atoms with Gasteiger partial charge in [-0.25, -0.2) is 0 Å². The van der Waals surface area contributed by atoms with Crippen LogP contribution in [-0.2, 0) is 0 Å². The fourth-order valence-corrected chi connectivity index (χ4v) is 3.43. The number of amides is 1. The zero-order valence-electron chi connectivity index (χ0n) is 12.3. The van der Waals surface area contributed by atoms with Crippen molar-refractivity contribution in [3.8, 4) is 0 Å². The zero-order valence-corrected chi connectivity index (χ0v) is 12.3. The zero-order chi connectivity index (χ0) is 13.9. The van der Waals surface area contributed by atoms with Gasteiger partial charge < -0.3 is 10.2 Å². The molecule has 2 aliphatic rings. The van der Waals surface area contributed by atoms with Gasteiger partial charge in [0.25, 0.3) is 5.91 Å². The Hall–Kier alpha value is -1.35. The van der Waals surface area contributed by atoms with Crippen molar-refractivity contribution in [2.24, 2.45) is 0 Å². The molecule has 2 saturated heterocycles. The summed E-state index contributed by atoms with van der Waals surface area (Å²) in [6.45, 7) is 6.15. The van der Waals surface area contributed by atoms with Gasteiger partial charge in [-0.2, -0.15) is 0 Å². The molecule has 0 spiro atoms. The minimum absolute atomic E-state index is 0.219. The van der Waals surface area contributed by atoms with Crippen molar-refractivity contribution in [2.75, 3.05) is 26.2 Å². The van der Waals surface area contributed by atoms with Gasteiger partial charge in [-0.1, -0.05) is 12.1 Å². The van der Waals surface area contributed by atoms with Gasteiger partial charge in [0.2, 0.25) is 0 Å². The van der Waals surface area contributed by atoms with E-state index < -0.39 is 0 Å².